The molecule has 1 aliphatic carbocycles. The third kappa shape index (κ3) is 2.69. The fourth-order valence-electron chi connectivity index (χ4n) is 2.25. The van der Waals surface area contributed by atoms with Gasteiger partial charge in [-0.2, -0.15) is 0 Å². The highest BCUT2D eigenvalue weighted by molar-refractivity contribution is 5.87. The summed E-state index contributed by atoms with van der Waals surface area (Å²) < 4.78 is 31.0. The second kappa shape index (κ2) is 4.80. The Labute approximate surface area is 117 Å². The topological polar surface area (TPSA) is 88.1 Å². The number of carbonyl (C=O) groups is 1. The van der Waals surface area contributed by atoms with Gasteiger partial charge in [-0.1, -0.05) is 22.4 Å². The number of hydrogen-bond acceptors (Lipinski definition) is 4. The SMILES string of the molecule is O=C(O)c1[nH]nnc1Oc1ccc(C2CC(F)(F)C2)cc1. The Balaban J connectivity index is 1.70. The quantitative estimate of drug-likeness (QED) is 0.905. The first-order valence-corrected chi connectivity index (χ1v) is 6.24. The molecule has 0 spiro atoms. The molecule has 0 amide bonds. The Hall–Kier alpha value is -2.51. The van der Waals surface area contributed by atoms with Gasteiger partial charge in [0, 0.05) is 12.8 Å². The van der Waals surface area contributed by atoms with Gasteiger partial charge in [0.2, 0.25) is 11.6 Å². The zero-order chi connectivity index (χ0) is 15.0. The van der Waals surface area contributed by atoms with Crippen molar-refractivity contribution in [2.24, 2.45) is 0 Å². The van der Waals surface area contributed by atoms with Gasteiger partial charge in [-0.15, -0.1) is 0 Å². The molecule has 1 aromatic heterocycles. The van der Waals surface area contributed by atoms with E-state index in [1.165, 1.54) is 0 Å². The molecule has 1 fully saturated rings. The number of nitrogens with zero attached hydrogens (tertiary/aromatic N) is 2. The molecule has 0 bridgehead atoms. The number of aromatic nitrogens is 3. The van der Waals surface area contributed by atoms with Gasteiger partial charge in [-0.25, -0.2) is 18.7 Å². The first-order chi connectivity index (χ1) is 9.94. The number of benzene rings is 1. The van der Waals surface area contributed by atoms with Crippen molar-refractivity contribution in [2.75, 3.05) is 0 Å². The molecule has 6 nitrogen and oxygen atoms in total. The maximum Gasteiger partial charge on any atom is 0.359 e. The minimum absolute atomic E-state index is 0.139. The summed E-state index contributed by atoms with van der Waals surface area (Å²) in [6.45, 7) is 0. The molecule has 110 valence electrons. The first kappa shape index (κ1) is 13.5. The molecule has 1 heterocycles. The van der Waals surface area contributed by atoms with Gasteiger partial charge in [0.25, 0.3) is 5.88 Å². The van der Waals surface area contributed by atoms with Gasteiger partial charge in [0.1, 0.15) is 5.75 Å². The average Bonchev–Trinajstić information content (AvgIpc) is 2.85. The van der Waals surface area contributed by atoms with Gasteiger partial charge in [0.05, 0.1) is 0 Å². The van der Waals surface area contributed by atoms with Gasteiger partial charge < -0.3 is 9.84 Å². The van der Waals surface area contributed by atoms with Crippen LogP contribution in [-0.4, -0.2) is 32.4 Å². The van der Waals surface area contributed by atoms with Crippen LogP contribution in [0.2, 0.25) is 0 Å². The van der Waals surface area contributed by atoms with Crippen LogP contribution in [0, 0.1) is 0 Å². The Bertz CT molecular complexity index is 662. The summed E-state index contributed by atoms with van der Waals surface area (Å²) in [6.07, 6.45) is -0.278. The average molecular weight is 295 g/mol. The van der Waals surface area contributed by atoms with Crippen LogP contribution in [-0.2, 0) is 0 Å². The van der Waals surface area contributed by atoms with Crippen molar-refractivity contribution in [3.05, 3.63) is 35.5 Å². The molecular weight excluding hydrogens is 284 g/mol. The lowest BCUT2D eigenvalue weighted by atomic mass is 9.77. The maximum absolute atomic E-state index is 12.8. The zero-order valence-corrected chi connectivity index (χ0v) is 10.7. The Morgan fingerprint density at radius 2 is 2.00 bits per heavy atom. The van der Waals surface area contributed by atoms with Gasteiger partial charge >= 0.3 is 5.97 Å². The summed E-state index contributed by atoms with van der Waals surface area (Å²) in [7, 11) is 0. The summed E-state index contributed by atoms with van der Waals surface area (Å²) in [5.74, 6) is -3.72. The van der Waals surface area contributed by atoms with Crippen LogP contribution in [0.5, 0.6) is 11.6 Å². The number of carboxylic acids is 1. The van der Waals surface area contributed by atoms with Gasteiger partial charge in [0.15, 0.2) is 0 Å². The lowest BCUT2D eigenvalue weighted by Crippen LogP contribution is -2.33. The number of rotatable bonds is 4. The van der Waals surface area contributed by atoms with Crippen LogP contribution in [0.15, 0.2) is 24.3 Å². The molecule has 2 N–H and O–H groups in total. The highest BCUT2D eigenvalue weighted by Gasteiger charge is 2.45. The number of carboxylic acid groups (broad SMARTS) is 1. The number of hydrogen-bond donors (Lipinski definition) is 2. The van der Waals surface area contributed by atoms with Crippen molar-refractivity contribution < 1.29 is 23.4 Å². The fraction of sp³-hybridized carbons (Fsp3) is 0.308. The number of nitrogens with one attached hydrogen (secondary N) is 1. The number of aromatic amines is 1. The molecule has 0 atom stereocenters. The first-order valence-electron chi connectivity index (χ1n) is 6.24. The summed E-state index contributed by atoms with van der Waals surface area (Å²) in [5.41, 5.74) is 0.560. The number of ether oxygens (including phenoxy) is 1. The van der Waals surface area contributed by atoms with Crippen molar-refractivity contribution in [3.8, 4) is 11.6 Å². The Morgan fingerprint density at radius 1 is 1.33 bits per heavy atom. The molecular formula is C13H11F2N3O3. The van der Waals surface area contributed by atoms with E-state index in [4.69, 9.17) is 9.84 Å². The van der Waals surface area contributed by atoms with Crippen LogP contribution < -0.4 is 4.74 Å². The molecule has 0 aliphatic heterocycles. The third-order valence-corrected chi connectivity index (χ3v) is 3.39. The molecule has 0 unspecified atom stereocenters. The van der Waals surface area contributed by atoms with E-state index in [9.17, 15) is 13.6 Å². The molecule has 1 aliphatic rings. The lowest BCUT2D eigenvalue weighted by molar-refractivity contribution is -0.0867. The monoisotopic (exact) mass is 295 g/mol. The van der Waals surface area contributed by atoms with E-state index in [0.717, 1.165) is 5.56 Å². The number of halogens is 2. The summed E-state index contributed by atoms with van der Waals surface area (Å²) in [6, 6.07) is 6.56. The Morgan fingerprint density at radius 3 is 2.57 bits per heavy atom. The summed E-state index contributed by atoms with van der Waals surface area (Å²) in [4.78, 5) is 10.9. The minimum Gasteiger partial charge on any atom is -0.476 e. The predicted octanol–water partition coefficient (Wildman–Crippen LogP) is 2.81. The smallest absolute Gasteiger partial charge is 0.359 e. The van der Waals surface area contributed by atoms with E-state index < -0.39 is 11.9 Å². The van der Waals surface area contributed by atoms with E-state index in [1.54, 1.807) is 24.3 Å². The van der Waals surface area contributed by atoms with E-state index >= 15 is 0 Å². The van der Waals surface area contributed by atoms with E-state index in [0.29, 0.717) is 5.75 Å². The Kier molecular flexibility index (Phi) is 3.08. The van der Waals surface area contributed by atoms with Crippen LogP contribution in [0.25, 0.3) is 0 Å². The standard InChI is InChI=1S/C13H11F2N3O3/c14-13(15)5-8(6-13)7-1-3-9(4-2-7)21-11-10(12(19)20)16-18-17-11/h1-4,8H,5-6H2,(H,19,20)(H,16,17,18). The molecule has 0 saturated heterocycles. The molecule has 1 aromatic carbocycles. The third-order valence-electron chi connectivity index (χ3n) is 3.39. The van der Waals surface area contributed by atoms with Crippen molar-refractivity contribution in [2.45, 2.75) is 24.7 Å². The largest absolute Gasteiger partial charge is 0.476 e. The maximum atomic E-state index is 12.8. The molecule has 21 heavy (non-hydrogen) atoms. The van der Waals surface area contributed by atoms with Gasteiger partial charge in [-0.05, 0) is 23.6 Å². The lowest BCUT2D eigenvalue weighted by Gasteiger charge is -2.35. The van der Waals surface area contributed by atoms with Crippen LogP contribution in [0.1, 0.15) is 34.8 Å². The van der Waals surface area contributed by atoms with Crippen molar-refractivity contribution in [1.82, 2.24) is 15.4 Å². The van der Waals surface area contributed by atoms with Crippen LogP contribution in [0.3, 0.4) is 0 Å². The number of aromatic carboxylic acids is 1. The number of H-pyrrole nitrogens is 1. The molecule has 0 radical (unpaired) electrons. The molecule has 2 aromatic rings. The highest BCUT2D eigenvalue weighted by Crippen LogP contribution is 2.48. The van der Waals surface area contributed by atoms with Crippen molar-refractivity contribution >= 4 is 5.97 Å². The predicted molar refractivity (Wildman–Crippen MR) is 66.8 cm³/mol. The van der Waals surface area contributed by atoms with Crippen molar-refractivity contribution in [1.29, 1.82) is 0 Å². The normalized spacial score (nSPS) is 17.2. The van der Waals surface area contributed by atoms with E-state index in [-0.39, 0.29) is 30.3 Å². The van der Waals surface area contributed by atoms with Crippen LogP contribution in [0.4, 0.5) is 8.78 Å². The van der Waals surface area contributed by atoms with Crippen LogP contribution >= 0.6 is 0 Å². The van der Waals surface area contributed by atoms with E-state index in [2.05, 4.69) is 15.4 Å². The molecule has 8 heteroatoms. The highest BCUT2D eigenvalue weighted by atomic mass is 19.3. The van der Waals surface area contributed by atoms with Crippen molar-refractivity contribution in [3.63, 3.8) is 0 Å². The van der Waals surface area contributed by atoms with Gasteiger partial charge in [-0.3, -0.25) is 0 Å². The second-order valence-electron chi connectivity index (χ2n) is 4.93. The summed E-state index contributed by atoms with van der Waals surface area (Å²) >= 11 is 0. The summed E-state index contributed by atoms with van der Waals surface area (Å²) in [5, 5.41) is 18.0. The minimum atomic E-state index is -2.56. The fourth-order valence-corrected chi connectivity index (χ4v) is 2.25. The van der Waals surface area contributed by atoms with E-state index in [1.807, 2.05) is 0 Å². The molecule has 1 saturated carbocycles. The second-order valence-corrected chi connectivity index (χ2v) is 4.93. The molecule has 3 rings (SSSR count). The number of alkyl halides is 2. The zero-order valence-electron chi connectivity index (χ0n) is 10.7.